The summed E-state index contributed by atoms with van der Waals surface area (Å²) in [5, 5.41) is 12.1. The zero-order valence-electron chi connectivity index (χ0n) is 22.0. The summed E-state index contributed by atoms with van der Waals surface area (Å²) >= 11 is 7.56. The average Bonchev–Trinajstić information content (AvgIpc) is 3.45. The van der Waals surface area contributed by atoms with E-state index in [1.807, 2.05) is 18.2 Å². The van der Waals surface area contributed by atoms with E-state index in [-0.39, 0.29) is 33.1 Å². The topological polar surface area (TPSA) is 102 Å². The van der Waals surface area contributed by atoms with Gasteiger partial charge in [-0.25, -0.2) is 4.98 Å². The molecule has 1 fully saturated rings. The maximum Gasteiger partial charge on any atom is 0.301 e. The molecule has 0 spiro atoms. The molecular weight excluding hydrogens is 538 g/mol. The minimum atomic E-state index is -1.03. The van der Waals surface area contributed by atoms with E-state index in [1.54, 1.807) is 24.4 Å². The number of fused-ring (bicyclic) bond motifs is 1. The van der Waals surface area contributed by atoms with Crippen molar-refractivity contribution in [2.24, 2.45) is 0 Å². The third-order valence-electron chi connectivity index (χ3n) is 6.59. The van der Waals surface area contributed by atoms with Crippen molar-refractivity contribution in [3.63, 3.8) is 0 Å². The summed E-state index contributed by atoms with van der Waals surface area (Å²) in [6.07, 6.45) is 1.56. The van der Waals surface area contributed by atoms with E-state index in [1.165, 1.54) is 42.6 Å². The van der Waals surface area contributed by atoms with Crippen LogP contribution in [0, 0.1) is 0 Å². The Bertz CT molecular complexity index is 1640. The van der Waals surface area contributed by atoms with Crippen LogP contribution in [0.25, 0.3) is 16.0 Å². The average molecular weight is 564 g/mol. The number of ketones is 1. The second-order valence-corrected chi connectivity index (χ2v) is 11.5. The van der Waals surface area contributed by atoms with Gasteiger partial charge in [0.05, 0.1) is 46.3 Å². The molecule has 4 aromatic rings. The number of methoxy groups -OCH3 is 2. The van der Waals surface area contributed by atoms with Gasteiger partial charge >= 0.3 is 5.91 Å². The second kappa shape index (κ2) is 9.98. The van der Waals surface area contributed by atoms with Crippen molar-refractivity contribution in [3.05, 3.63) is 82.1 Å². The number of amides is 1. The van der Waals surface area contributed by atoms with Gasteiger partial charge in [0, 0.05) is 12.3 Å². The van der Waals surface area contributed by atoms with Gasteiger partial charge in [0.1, 0.15) is 23.3 Å². The number of Topliss-reactive ketones (excluding diaryl/α,β-unsaturated/α-hetero) is 1. The molecule has 0 aliphatic carbocycles. The molecule has 10 heteroatoms. The highest BCUT2D eigenvalue weighted by Gasteiger charge is 2.49. The van der Waals surface area contributed by atoms with Crippen molar-refractivity contribution in [1.29, 1.82) is 0 Å². The number of carbonyl (C=O) groups excluding carboxylic acids is 2. The number of aliphatic hydroxyl groups is 1. The lowest BCUT2D eigenvalue weighted by atomic mass is 9.87. The summed E-state index contributed by atoms with van der Waals surface area (Å²) in [6, 6.07) is 13.1. The van der Waals surface area contributed by atoms with Gasteiger partial charge in [-0.3, -0.25) is 19.5 Å². The summed E-state index contributed by atoms with van der Waals surface area (Å²) in [6.45, 7) is 6.36. The zero-order chi connectivity index (χ0) is 28.1. The molecule has 200 valence electrons. The Morgan fingerprint density at radius 2 is 1.79 bits per heavy atom. The quantitative estimate of drug-likeness (QED) is 0.173. The summed E-state index contributed by atoms with van der Waals surface area (Å²) in [4.78, 5) is 37.5. The number of aliphatic hydroxyl groups excluding tert-OH is 1. The van der Waals surface area contributed by atoms with Crippen LogP contribution in [0.15, 0.2) is 60.3 Å². The largest absolute Gasteiger partial charge is 0.507 e. The lowest BCUT2D eigenvalue weighted by Crippen LogP contribution is -2.29. The smallest absolute Gasteiger partial charge is 0.301 e. The number of ether oxygens (including phenoxy) is 2. The number of nitrogens with zero attached hydrogens (tertiary/aromatic N) is 3. The summed E-state index contributed by atoms with van der Waals surface area (Å²) in [5.74, 6) is -1.65. The van der Waals surface area contributed by atoms with E-state index in [9.17, 15) is 14.7 Å². The summed E-state index contributed by atoms with van der Waals surface area (Å²) < 4.78 is 11.6. The molecule has 0 radical (unpaired) electrons. The van der Waals surface area contributed by atoms with Crippen molar-refractivity contribution in [2.75, 3.05) is 19.1 Å². The lowest BCUT2D eigenvalue weighted by molar-refractivity contribution is -0.132. The monoisotopic (exact) mass is 563 g/mol. The van der Waals surface area contributed by atoms with Crippen LogP contribution in [0.1, 0.15) is 43.6 Å². The molecule has 3 heterocycles. The number of hydrogen-bond acceptors (Lipinski definition) is 8. The maximum atomic E-state index is 13.6. The molecule has 1 saturated heterocycles. The van der Waals surface area contributed by atoms with Crippen LogP contribution in [-0.4, -0.2) is 41.0 Å². The van der Waals surface area contributed by atoms with Gasteiger partial charge in [0.2, 0.25) is 0 Å². The first-order valence-electron chi connectivity index (χ1n) is 12.1. The minimum absolute atomic E-state index is 0.0747. The third kappa shape index (κ3) is 4.62. The van der Waals surface area contributed by atoms with Crippen molar-refractivity contribution in [2.45, 2.75) is 32.2 Å². The molecule has 1 aliphatic heterocycles. The Labute approximate surface area is 234 Å². The van der Waals surface area contributed by atoms with Gasteiger partial charge in [0.25, 0.3) is 5.78 Å². The molecule has 0 bridgehead atoms. The van der Waals surface area contributed by atoms with E-state index in [0.29, 0.717) is 16.3 Å². The molecule has 39 heavy (non-hydrogen) atoms. The van der Waals surface area contributed by atoms with Crippen molar-refractivity contribution < 1.29 is 24.2 Å². The van der Waals surface area contributed by atoms with Crippen molar-refractivity contribution >= 4 is 55.7 Å². The minimum Gasteiger partial charge on any atom is -0.507 e. The third-order valence-corrected chi connectivity index (χ3v) is 7.90. The van der Waals surface area contributed by atoms with Crippen LogP contribution in [0.2, 0.25) is 5.02 Å². The predicted octanol–water partition coefficient (Wildman–Crippen LogP) is 6.29. The molecule has 1 amide bonds. The normalized spacial score (nSPS) is 17.2. The van der Waals surface area contributed by atoms with E-state index >= 15 is 0 Å². The van der Waals surface area contributed by atoms with E-state index in [0.717, 1.165) is 10.3 Å². The summed E-state index contributed by atoms with van der Waals surface area (Å²) in [7, 11) is 2.85. The lowest BCUT2D eigenvalue weighted by Gasteiger charge is -2.22. The van der Waals surface area contributed by atoms with Crippen LogP contribution in [0.4, 0.5) is 5.13 Å². The SMILES string of the molecule is COc1cc(/C(O)=C2\C(=O)C(=O)N(c3nc4ccc(C(C)(C)C)cc4s3)C2c2ccccn2)c(OC)cc1Cl. The maximum absolute atomic E-state index is 13.6. The molecule has 1 N–H and O–H groups in total. The standard InChI is InChI=1S/C29H26ClN3O5S/c1-29(2,3)15-9-10-18-22(12-15)39-28(32-18)33-24(19-8-6-7-11-31-19)23(26(35)27(33)36)25(34)16-13-21(38-5)17(30)14-20(16)37-4/h6-14,24,34H,1-5H3/b25-23+. The highest BCUT2D eigenvalue weighted by Crippen LogP contribution is 2.46. The van der Waals surface area contributed by atoms with E-state index in [4.69, 9.17) is 26.1 Å². The number of aromatic nitrogens is 2. The second-order valence-electron chi connectivity index (χ2n) is 10.0. The fraction of sp³-hybridized carbons (Fsp3) is 0.241. The Kier molecular flexibility index (Phi) is 6.82. The number of thiazole rings is 1. The number of anilines is 1. The molecule has 1 aliphatic rings. The molecule has 1 atom stereocenters. The van der Waals surface area contributed by atoms with Crippen LogP contribution in [0.5, 0.6) is 11.5 Å². The number of pyridine rings is 1. The van der Waals surface area contributed by atoms with Crippen LogP contribution in [-0.2, 0) is 15.0 Å². The van der Waals surface area contributed by atoms with E-state index < -0.39 is 23.5 Å². The van der Waals surface area contributed by atoms with Crippen molar-refractivity contribution in [1.82, 2.24) is 9.97 Å². The number of halogens is 1. The van der Waals surface area contributed by atoms with Crippen molar-refractivity contribution in [3.8, 4) is 11.5 Å². The van der Waals surface area contributed by atoms with Gasteiger partial charge in [-0.1, -0.05) is 55.8 Å². The van der Waals surface area contributed by atoms with Crippen LogP contribution >= 0.6 is 22.9 Å². The first-order valence-corrected chi connectivity index (χ1v) is 13.3. The highest BCUT2D eigenvalue weighted by molar-refractivity contribution is 7.22. The van der Waals surface area contributed by atoms with Gasteiger partial charge < -0.3 is 14.6 Å². The van der Waals surface area contributed by atoms with Gasteiger partial charge in [0.15, 0.2) is 5.13 Å². The van der Waals surface area contributed by atoms with Gasteiger partial charge in [-0.05, 0) is 41.3 Å². The molecule has 1 unspecified atom stereocenters. The van der Waals surface area contributed by atoms with Crippen LogP contribution in [0.3, 0.4) is 0 Å². The molecule has 2 aromatic heterocycles. The summed E-state index contributed by atoms with van der Waals surface area (Å²) in [5.41, 5.74) is 2.15. The van der Waals surface area contributed by atoms with Gasteiger partial charge in [-0.2, -0.15) is 0 Å². The predicted molar refractivity (Wildman–Crippen MR) is 152 cm³/mol. The number of benzene rings is 2. The Balaban J connectivity index is 1.73. The fourth-order valence-corrected chi connectivity index (χ4v) is 5.78. The molecule has 2 aromatic carbocycles. The molecular formula is C29H26ClN3O5S. The van der Waals surface area contributed by atoms with E-state index in [2.05, 4.69) is 25.8 Å². The fourth-order valence-electron chi connectivity index (χ4n) is 4.52. The first kappa shape index (κ1) is 26.6. The zero-order valence-corrected chi connectivity index (χ0v) is 23.6. The highest BCUT2D eigenvalue weighted by atomic mass is 35.5. The molecule has 0 saturated carbocycles. The molecule has 8 nitrogen and oxygen atoms in total. The Morgan fingerprint density at radius 1 is 1.05 bits per heavy atom. The Hall–Kier alpha value is -3.95. The number of rotatable bonds is 5. The number of carbonyl (C=O) groups is 2. The Morgan fingerprint density at radius 3 is 2.44 bits per heavy atom. The van der Waals surface area contributed by atoms with Crippen LogP contribution < -0.4 is 14.4 Å². The number of hydrogen-bond donors (Lipinski definition) is 1. The molecule has 5 rings (SSSR count). The van der Waals surface area contributed by atoms with Gasteiger partial charge in [-0.15, -0.1) is 0 Å². The first-order chi connectivity index (χ1) is 18.5.